The van der Waals surface area contributed by atoms with Crippen LogP contribution in [-0.2, 0) is 4.74 Å². The van der Waals surface area contributed by atoms with Crippen molar-refractivity contribution in [2.24, 2.45) is 10.9 Å². The van der Waals surface area contributed by atoms with E-state index in [9.17, 15) is 0 Å². The number of hydrogen-bond acceptors (Lipinski definition) is 4. The van der Waals surface area contributed by atoms with Gasteiger partial charge in [-0.15, -0.1) is 0 Å². The van der Waals surface area contributed by atoms with Gasteiger partial charge in [-0.1, -0.05) is 5.16 Å². The molecule has 0 saturated carbocycles. The van der Waals surface area contributed by atoms with Crippen molar-refractivity contribution in [3.8, 4) is 0 Å². The molecule has 0 amide bonds. The summed E-state index contributed by atoms with van der Waals surface area (Å²) in [6.45, 7) is 6.98. The summed E-state index contributed by atoms with van der Waals surface area (Å²) in [7, 11) is 1.72. The molecule has 5 nitrogen and oxygen atoms in total. The van der Waals surface area contributed by atoms with E-state index in [1.165, 1.54) is 0 Å². The van der Waals surface area contributed by atoms with Crippen LogP contribution in [0.3, 0.4) is 0 Å². The van der Waals surface area contributed by atoms with E-state index in [2.05, 4.69) is 23.9 Å². The number of nitrogens with zero attached hydrogens (tertiary/aromatic N) is 2. The van der Waals surface area contributed by atoms with Gasteiger partial charge in [-0.2, -0.15) is 0 Å². The zero-order valence-corrected chi connectivity index (χ0v) is 10.6. The number of amidine groups is 1. The first-order valence-electron chi connectivity index (χ1n) is 5.81. The van der Waals surface area contributed by atoms with Crippen molar-refractivity contribution >= 4 is 5.84 Å². The largest absolute Gasteiger partial charge is 0.409 e. The zero-order chi connectivity index (χ0) is 12.4. The summed E-state index contributed by atoms with van der Waals surface area (Å²) < 4.78 is 5.01. The number of methoxy groups -OCH3 is 1. The zero-order valence-electron chi connectivity index (χ0n) is 10.6. The van der Waals surface area contributed by atoms with Crippen LogP contribution in [-0.4, -0.2) is 48.8 Å². The molecule has 0 rings (SSSR count). The molecular formula is C11H25N3O2. The Hall–Kier alpha value is -0.810. The van der Waals surface area contributed by atoms with Gasteiger partial charge >= 0.3 is 0 Å². The minimum Gasteiger partial charge on any atom is -0.409 e. The summed E-state index contributed by atoms with van der Waals surface area (Å²) in [5.74, 6) is 0.294. The van der Waals surface area contributed by atoms with Crippen LogP contribution < -0.4 is 5.73 Å². The van der Waals surface area contributed by atoms with Gasteiger partial charge in [0.25, 0.3) is 0 Å². The first-order chi connectivity index (χ1) is 7.61. The predicted molar refractivity (Wildman–Crippen MR) is 65.8 cm³/mol. The number of unbranched alkanes of at least 4 members (excludes halogenated alkanes) is 1. The summed E-state index contributed by atoms with van der Waals surface area (Å²) >= 11 is 0. The lowest BCUT2D eigenvalue weighted by atomic mass is 10.2. The third kappa shape index (κ3) is 7.48. The Morgan fingerprint density at radius 2 is 2.06 bits per heavy atom. The van der Waals surface area contributed by atoms with Crippen molar-refractivity contribution in [2.75, 3.05) is 26.8 Å². The maximum Gasteiger partial charge on any atom is 0.140 e. The summed E-state index contributed by atoms with van der Waals surface area (Å²) in [4.78, 5) is 2.33. The third-order valence-corrected chi connectivity index (χ3v) is 2.56. The Bertz CT molecular complexity index is 196. The molecule has 16 heavy (non-hydrogen) atoms. The molecule has 0 spiro atoms. The molecule has 0 fully saturated rings. The van der Waals surface area contributed by atoms with E-state index in [4.69, 9.17) is 15.7 Å². The summed E-state index contributed by atoms with van der Waals surface area (Å²) in [6, 6.07) is 0.481. The smallest absolute Gasteiger partial charge is 0.140 e. The Labute approximate surface area is 98.2 Å². The van der Waals surface area contributed by atoms with Crippen LogP contribution in [0.2, 0.25) is 0 Å². The summed E-state index contributed by atoms with van der Waals surface area (Å²) in [5, 5.41) is 11.4. The van der Waals surface area contributed by atoms with E-state index >= 15 is 0 Å². The monoisotopic (exact) mass is 231 g/mol. The average Bonchev–Trinajstić information content (AvgIpc) is 2.27. The number of oxime groups is 1. The van der Waals surface area contributed by atoms with Crippen molar-refractivity contribution in [3.05, 3.63) is 0 Å². The maximum atomic E-state index is 8.46. The van der Waals surface area contributed by atoms with Crippen molar-refractivity contribution < 1.29 is 9.94 Å². The number of nitrogens with two attached hydrogens (primary N) is 1. The van der Waals surface area contributed by atoms with Crippen molar-refractivity contribution in [1.82, 2.24) is 4.90 Å². The lowest BCUT2D eigenvalue weighted by Crippen LogP contribution is -2.35. The van der Waals surface area contributed by atoms with Gasteiger partial charge in [0.15, 0.2) is 0 Å². The molecule has 0 atom stereocenters. The molecule has 0 aromatic carbocycles. The number of rotatable bonds is 9. The van der Waals surface area contributed by atoms with Gasteiger partial charge in [-0.05, 0) is 33.2 Å². The molecular weight excluding hydrogens is 206 g/mol. The molecule has 0 heterocycles. The molecule has 0 aliphatic carbocycles. The molecule has 0 saturated heterocycles. The van der Waals surface area contributed by atoms with Gasteiger partial charge in [0, 0.05) is 32.7 Å². The van der Waals surface area contributed by atoms with Crippen LogP contribution in [0.25, 0.3) is 0 Å². The summed E-state index contributed by atoms with van der Waals surface area (Å²) in [5.41, 5.74) is 5.45. The second-order valence-corrected chi connectivity index (χ2v) is 4.17. The molecule has 0 aromatic rings. The number of ether oxygens (including phenoxy) is 1. The fourth-order valence-corrected chi connectivity index (χ4v) is 1.50. The predicted octanol–water partition coefficient (Wildman–Crippen LogP) is 1.26. The van der Waals surface area contributed by atoms with Crippen molar-refractivity contribution in [3.63, 3.8) is 0 Å². The lowest BCUT2D eigenvalue weighted by molar-refractivity contribution is 0.176. The molecule has 0 unspecified atom stereocenters. The Morgan fingerprint density at radius 1 is 1.38 bits per heavy atom. The van der Waals surface area contributed by atoms with Gasteiger partial charge in [0.2, 0.25) is 0 Å². The highest BCUT2D eigenvalue weighted by molar-refractivity contribution is 5.79. The normalized spacial score (nSPS) is 12.7. The standard InChI is InChI=1S/C11H25N3O2/c1-10(2)14(7-4-5-9-16-3)8-6-11(12)13-15/h10,15H,4-9H2,1-3H3,(H2,12,13). The molecule has 3 N–H and O–H groups in total. The SMILES string of the molecule is COCCCCN(CCC(N)=NO)C(C)C. The quantitative estimate of drug-likeness (QED) is 0.206. The molecule has 0 aliphatic heterocycles. The van der Waals surface area contributed by atoms with Crippen LogP contribution in [0.4, 0.5) is 0 Å². The van der Waals surface area contributed by atoms with Crippen molar-refractivity contribution in [1.29, 1.82) is 0 Å². The fraction of sp³-hybridized carbons (Fsp3) is 0.909. The fourth-order valence-electron chi connectivity index (χ4n) is 1.50. The highest BCUT2D eigenvalue weighted by Crippen LogP contribution is 2.03. The molecule has 0 aliphatic rings. The van der Waals surface area contributed by atoms with E-state index in [-0.39, 0.29) is 0 Å². The average molecular weight is 231 g/mol. The van der Waals surface area contributed by atoms with Gasteiger partial charge in [0.05, 0.1) is 0 Å². The van der Waals surface area contributed by atoms with E-state index in [1.54, 1.807) is 7.11 Å². The van der Waals surface area contributed by atoms with E-state index in [0.29, 0.717) is 18.3 Å². The van der Waals surface area contributed by atoms with Crippen LogP contribution in [0.15, 0.2) is 5.16 Å². The van der Waals surface area contributed by atoms with Crippen LogP contribution in [0.1, 0.15) is 33.1 Å². The molecule has 96 valence electrons. The van der Waals surface area contributed by atoms with Gasteiger partial charge in [0.1, 0.15) is 5.84 Å². The Kier molecular flexibility index (Phi) is 8.94. The topological polar surface area (TPSA) is 71.1 Å². The Balaban J connectivity index is 3.80. The first kappa shape index (κ1) is 15.2. The van der Waals surface area contributed by atoms with Gasteiger partial charge in [-0.3, -0.25) is 0 Å². The highest BCUT2D eigenvalue weighted by atomic mass is 16.5. The van der Waals surface area contributed by atoms with Crippen molar-refractivity contribution in [2.45, 2.75) is 39.2 Å². The van der Waals surface area contributed by atoms with E-state index in [0.717, 1.165) is 32.5 Å². The van der Waals surface area contributed by atoms with Crippen LogP contribution in [0.5, 0.6) is 0 Å². The maximum absolute atomic E-state index is 8.46. The number of hydrogen-bond donors (Lipinski definition) is 2. The minimum atomic E-state index is 0.294. The van der Waals surface area contributed by atoms with Crippen LogP contribution in [0, 0.1) is 0 Å². The minimum absolute atomic E-state index is 0.294. The summed E-state index contributed by atoms with van der Waals surface area (Å²) in [6.07, 6.45) is 2.80. The third-order valence-electron chi connectivity index (χ3n) is 2.56. The molecule has 0 aromatic heterocycles. The van der Waals surface area contributed by atoms with Crippen LogP contribution >= 0.6 is 0 Å². The highest BCUT2D eigenvalue weighted by Gasteiger charge is 2.09. The van der Waals surface area contributed by atoms with Gasteiger partial charge < -0.3 is 20.6 Å². The van der Waals surface area contributed by atoms with E-state index in [1.807, 2.05) is 0 Å². The van der Waals surface area contributed by atoms with E-state index < -0.39 is 0 Å². The second kappa shape index (κ2) is 9.42. The first-order valence-corrected chi connectivity index (χ1v) is 5.81. The van der Waals surface area contributed by atoms with Gasteiger partial charge in [-0.25, -0.2) is 0 Å². The molecule has 0 bridgehead atoms. The second-order valence-electron chi connectivity index (χ2n) is 4.17. The Morgan fingerprint density at radius 3 is 2.56 bits per heavy atom. The molecule has 0 radical (unpaired) electrons. The lowest BCUT2D eigenvalue weighted by Gasteiger charge is -2.26. The molecule has 5 heteroatoms.